The van der Waals surface area contributed by atoms with Gasteiger partial charge in [0, 0.05) is 22.9 Å². The van der Waals surface area contributed by atoms with Crippen LogP contribution in [0, 0.1) is 5.41 Å². The number of hydrogen-bond donors (Lipinski definition) is 2. The largest absolute Gasteiger partial charge is 0.388 e. The van der Waals surface area contributed by atoms with Gasteiger partial charge >= 0.3 is 0 Å². The third-order valence-electron chi connectivity index (χ3n) is 6.10. The molecule has 1 heterocycles. The fourth-order valence-electron chi connectivity index (χ4n) is 4.49. The summed E-state index contributed by atoms with van der Waals surface area (Å²) in [6, 6.07) is 3.75. The molecule has 3 aliphatic rings. The van der Waals surface area contributed by atoms with E-state index in [2.05, 4.69) is 10.2 Å². The molecule has 0 aliphatic heterocycles. The minimum Gasteiger partial charge on any atom is -0.388 e. The topological polar surface area (TPSA) is 58.1 Å². The highest BCUT2D eigenvalue weighted by Gasteiger charge is 2.52. The number of rotatable bonds is 3. The molecule has 0 spiro atoms. The third-order valence-corrected chi connectivity index (χ3v) is 6.32. The maximum absolute atomic E-state index is 11.2. The van der Waals surface area contributed by atoms with E-state index in [0.29, 0.717) is 5.02 Å². The molecule has 2 N–H and O–H groups in total. The van der Waals surface area contributed by atoms with Crippen molar-refractivity contribution in [2.75, 3.05) is 7.11 Å². The van der Waals surface area contributed by atoms with Crippen molar-refractivity contribution in [1.29, 1.82) is 0 Å². The molecule has 22 heavy (non-hydrogen) atoms. The van der Waals surface area contributed by atoms with Crippen LogP contribution in [0.1, 0.15) is 50.2 Å². The maximum Gasteiger partial charge on any atom is 0.0853 e. The number of H-pyrrole nitrogens is 1. The molecule has 0 radical (unpaired) electrons. The summed E-state index contributed by atoms with van der Waals surface area (Å²) in [4.78, 5) is 0. The number of nitrogens with one attached hydrogen (secondary N) is 1. The van der Waals surface area contributed by atoms with E-state index in [0.717, 1.165) is 55.0 Å². The van der Waals surface area contributed by atoms with E-state index < -0.39 is 6.10 Å². The fourth-order valence-corrected chi connectivity index (χ4v) is 4.72. The van der Waals surface area contributed by atoms with E-state index in [1.54, 1.807) is 6.20 Å². The van der Waals surface area contributed by atoms with Crippen LogP contribution in [0.3, 0.4) is 0 Å². The predicted molar refractivity (Wildman–Crippen MR) is 85.9 cm³/mol. The number of aliphatic hydroxyl groups is 1. The number of hydrogen-bond acceptors (Lipinski definition) is 3. The van der Waals surface area contributed by atoms with Gasteiger partial charge in [0.1, 0.15) is 0 Å². The van der Waals surface area contributed by atoms with Gasteiger partial charge in [0.25, 0.3) is 0 Å². The summed E-state index contributed by atoms with van der Waals surface area (Å²) in [6.07, 6.45) is 7.42. The van der Waals surface area contributed by atoms with E-state index in [-0.39, 0.29) is 11.0 Å². The molecular formula is C17H21ClN2O2. The Balaban J connectivity index is 1.72. The normalized spacial score (nSPS) is 32.5. The summed E-state index contributed by atoms with van der Waals surface area (Å²) >= 11 is 6.23. The minimum atomic E-state index is -0.499. The molecule has 3 aliphatic carbocycles. The van der Waals surface area contributed by atoms with E-state index in [1.807, 2.05) is 19.2 Å². The molecule has 0 amide bonds. The number of aromatic amines is 1. The summed E-state index contributed by atoms with van der Waals surface area (Å²) in [6.45, 7) is 0. The Morgan fingerprint density at radius 3 is 2.55 bits per heavy atom. The summed E-state index contributed by atoms with van der Waals surface area (Å²) in [5.74, 6) is 0. The van der Waals surface area contributed by atoms with E-state index >= 15 is 0 Å². The molecule has 1 aromatic heterocycles. The molecule has 2 bridgehead atoms. The minimum absolute atomic E-state index is 0.0465. The van der Waals surface area contributed by atoms with Crippen LogP contribution in [-0.4, -0.2) is 28.0 Å². The number of halogens is 1. The lowest BCUT2D eigenvalue weighted by Gasteiger charge is -2.54. The van der Waals surface area contributed by atoms with Crippen molar-refractivity contribution in [3.05, 3.63) is 28.9 Å². The van der Waals surface area contributed by atoms with Crippen molar-refractivity contribution in [3.63, 3.8) is 0 Å². The van der Waals surface area contributed by atoms with Crippen molar-refractivity contribution < 1.29 is 9.84 Å². The number of benzene rings is 1. The second-order valence-corrected chi connectivity index (χ2v) is 7.41. The Hall–Kier alpha value is -1.10. The first-order chi connectivity index (χ1) is 10.6. The Bertz CT molecular complexity index is 687. The molecule has 0 saturated heterocycles. The lowest BCUT2D eigenvalue weighted by Crippen LogP contribution is -2.49. The average Bonchev–Trinajstić information content (AvgIpc) is 3.03. The lowest BCUT2D eigenvalue weighted by molar-refractivity contribution is -0.150. The monoisotopic (exact) mass is 320 g/mol. The summed E-state index contributed by atoms with van der Waals surface area (Å²) in [7, 11) is 1.82. The first-order valence-corrected chi connectivity index (χ1v) is 8.31. The number of aliphatic hydroxyl groups excluding tert-OH is 1. The van der Waals surface area contributed by atoms with Gasteiger partial charge in [-0.25, -0.2) is 0 Å². The molecule has 5 rings (SSSR count). The van der Waals surface area contributed by atoms with Gasteiger partial charge in [-0.05, 0) is 56.2 Å². The van der Waals surface area contributed by atoms with Gasteiger partial charge in [-0.2, -0.15) is 5.10 Å². The highest BCUT2D eigenvalue weighted by atomic mass is 35.5. The Morgan fingerprint density at radius 2 is 1.91 bits per heavy atom. The van der Waals surface area contributed by atoms with E-state index in [1.165, 1.54) is 0 Å². The summed E-state index contributed by atoms with van der Waals surface area (Å²) < 4.78 is 5.76. The number of fused-ring (bicyclic) bond motifs is 4. The second kappa shape index (κ2) is 4.95. The molecule has 3 fully saturated rings. The highest BCUT2D eigenvalue weighted by molar-refractivity contribution is 6.31. The van der Waals surface area contributed by atoms with Gasteiger partial charge in [-0.1, -0.05) is 11.6 Å². The quantitative estimate of drug-likeness (QED) is 0.899. The third kappa shape index (κ3) is 2.01. The van der Waals surface area contributed by atoms with Crippen LogP contribution in [0.25, 0.3) is 10.9 Å². The Kier molecular flexibility index (Phi) is 3.26. The van der Waals surface area contributed by atoms with Crippen LogP contribution in [0.5, 0.6) is 0 Å². The molecule has 1 atom stereocenters. The molecule has 2 aromatic rings. The van der Waals surface area contributed by atoms with Gasteiger partial charge in [0.15, 0.2) is 0 Å². The van der Waals surface area contributed by atoms with Crippen molar-refractivity contribution in [2.45, 2.75) is 50.2 Å². The standard InChI is InChI=1S/C17H21ClN2O2/c1-22-17-5-2-16(3-6-17,4-7-17)15(21)12-8-11(18)9-14-13(12)10-19-20-14/h8-10,15,21H,2-7H2,1H3,(H,19,20). The van der Waals surface area contributed by atoms with Crippen LogP contribution in [0.2, 0.25) is 5.02 Å². The Labute approximate surface area is 134 Å². The van der Waals surface area contributed by atoms with Gasteiger partial charge < -0.3 is 9.84 Å². The number of ether oxygens (including phenoxy) is 1. The SMILES string of the molecule is COC12CCC(C(O)c3cc(Cl)cc4[nH]ncc34)(CC1)CC2. The Morgan fingerprint density at radius 1 is 1.23 bits per heavy atom. The molecule has 1 unspecified atom stereocenters. The van der Waals surface area contributed by atoms with E-state index in [9.17, 15) is 5.11 Å². The van der Waals surface area contributed by atoms with Crippen LogP contribution in [0.4, 0.5) is 0 Å². The zero-order valence-electron chi connectivity index (χ0n) is 12.7. The van der Waals surface area contributed by atoms with Gasteiger partial charge in [-0.15, -0.1) is 0 Å². The van der Waals surface area contributed by atoms with Crippen molar-refractivity contribution >= 4 is 22.5 Å². The zero-order chi connectivity index (χ0) is 15.4. The fraction of sp³-hybridized carbons (Fsp3) is 0.588. The summed E-state index contributed by atoms with van der Waals surface area (Å²) in [5.41, 5.74) is 1.80. The first kappa shape index (κ1) is 14.5. The number of nitrogens with zero attached hydrogens (tertiary/aromatic N) is 1. The molecule has 4 nitrogen and oxygen atoms in total. The van der Waals surface area contributed by atoms with Crippen LogP contribution >= 0.6 is 11.6 Å². The average molecular weight is 321 g/mol. The zero-order valence-corrected chi connectivity index (χ0v) is 13.5. The first-order valence-electron chi connectivity index (χ1n) is 7.93. The predicted octanol–water partition coefficient (Wildman–Crippen LogP) is 3.99. The highest BCUT2D eigenvalue weighted by Crippen LogP contribution is 2.59. The van der Waals surface area contributed by atoms with E-state index in [4.69, 9.17) is 16.3 Å². The van der Waals surface area contributed by atoms with Crippen LogP contribution < -0.4 is 0 Å². The van der Waals surface area contributed by atoms with Gasteiger partial charge in [0.2, 0.25) is 0 Å². The number of aromatic nitrogens is 2. The maximum atomic E-state index is 11.2. The van der Waals surface area contributed by atoms with Gasteiger partial charge in [-0.3, -0.25) is 5.10 Å². The van der Waals surface area contributed by atoms with Crippen molar-refractivity contribution in [3.8, 4) is 0 Å². The molecule has 1 aromatic carbocycles. The van der Waals surface area contributed by atoms with Gasteiger partial charge in [0.05, 0.1) is 23.4 Å². The van der Waals surface area contributed by atoms with Crippen molar-refractivity contribution in [1.82, 2.24) is 10.2 Å². The van der Waals surface area contributed by atoms with Crippen molar-refractivity contribution in [2.24, 2.45) is 5.41 Å². The van der Waals surface area contributed by atoms with Crippen LogP contribution in [0.15, 0.2) is 18.3 Å². The second-order valence-electron chi connectivity index (χ2n) is 6.98. The lowest BCUT2D eigenvalue weighted by atomic mass is 9.55. The molecule has 5 heteroatoms. The van der Waals surface area contributed by atoms with Crippen LogP contribution in [-0.2, 0) is 4.74 Å². The molecular weight excluding hydrogens is 300 g/mol. The summed E-state index contributed by atoms with van der Waals surface area (Å²) in [5, 5.41) is 19.8. The number of methoxy groups -OCH3 is 1. The molecule has 118 valence electrons. The smallest absolute Gasteiger partial charge is 0.0853 e. The molecule has 3 saturated carbocycles.